The van der Waals surface area contributed by atoms with E-state index in [-0.39, 0.29) is 17.9 Å². The first kappa shape index (κ1) is 19.4. The molecule has 9 heteroatoms. The lowest BCUT2D eigenvalue weighted by atomic mass is 10.0. The highest BCUT2D eigenvalue weighted by molar-refractivity contribution is 7.17. The summed E-state index contributed by atoms with van der Waals surface area (Å²) in [5, 5.41) is 7.99. The third-order valence-corrected chi connectivity index (χ3v) is 6.23. The van der Waals surface area contributed by atoms with Gasteiger partial charge in [-0.3, -0.25) is 9.59 Å². The number of aromatic nitrogens is 3. The molecular formula is C20H24N6O2S. The predicted molar refractivity (Wildman–Crippen MR) is 114 cm³/mol. The lowest BCUT2D eigenvalue weighted by Gasteiger charge is -2.34. The molecule has 0 spiro atoms. The van der Waals surface area contributed by atoms with E-state index < -0.39 is 0 Å². The Balaban J connectivity index is 1.68. The largest absolute Gasteiger partial charge is 0.379 e. The number of piperidine rings is 1. The number of carbonyl (C=O) groups is 2. The van der Waals surface area contributed by atoms with Crippen LogP contribution in [0.1, 0.15) is 35.9 Å². The highest BCUT2D eigenvalue weighted by Crippen LogP contribution is 2.36. The van der Waals surface area contributed by atoms with E-state index in [1.165, 1.54) is 11.3 Å². The summed E-state index contributed by atoms with van der Waals surface area (Å²) < 4.78 is 0. The topological polar surface area (TPSA) is 103 Å². The summed E-state index contributed by atoms with van der Waals surface area (Å²) >= 11 is 1.34. The number of H-pyrrole nitrogens is 1. The van der Waals surface area contributed by atoms with Crippen molar-refractivity contribution in [3.63, 3.8) is 0 Å². The zero-order valence-corrected chi connectivity index (χ0v) is 17.3. The smallest absolute Gasteiger partial charge is 0.262 e. The van der Waals surface area contributed by atoms with Gasteiger partial charge >= 0.3 is 0 Å². The van der Waals surface area contributed by atoms with Crippen molar-refractivity contribution in [3.05, 3.63) is 29.5 Å². The molecule has 3 aromatic rings. The van der Waals surface area contributed by atoms with Gasteiger partial charge in [0.1, 0.15) is 15.5 Å². The molecule has 1 fully saturated rings. The number of fused-ring (bicyclic) bond motifs is 1. The number of anilines is 1. The van der Waals surface area contributed by atoms with E-state index in [2.05, 4.69) is 25.6 Å². The average Bonchev–Trinajstić information content (AvgIpc) is 3.43. The van der Waals surface area contributed by atoms with Gasteiger partial charge in [-0.05, 0) is 18.9 Å². The van der Waals surface area contributed by atoms with Crippen LogP contribution in [0.25, 0.3) is 21.6 Å². The maximum absolute atomic E-state index is 12.2. The van der Waals surface area contributed by atoms with Crippen LogP contribution >= 0.6 is 11.3 Å². The van der Waals surface area contributed by atoms with Gasteiger partial charge in [0.05, 0.1) is 17.4 Å². The standard InChI is InChI=1S/C20H24N6O2S/c1-3-16(27)26-8-4-5-12(11-26)25-17-13-6-7-22-18(13)23-9-14(17)20-24-10-15(29-20)19(28)21-2/h6-7,9-10,12H,3-5,8,11H2,1-2H3,(H,21,28)(H2,22,23,25)/t12-/m1/s1. The minimum Gasteiger partial charge on any atom is -0.379 e. The molecule has 3 aromatic heterocycles. The van der Waals surface area contributed by atoms with Gasteiger partial charge in [0.2, 0.25) is 5.91 Å². The fraction of sp³-hybridized carbons (Fsp3) is 0.400. The third kappa shape index (κ3) is 3.82. The fourth-order valence-corrected chi connectivity index (χ4v) is 4.58. The summed E-state index contributed by atoms with van der Waals surface area (Å²) in [5.74, 6) is 0.0355. The normalized spacial score (nSPS) is 16.8. The van der Waals surface area contributed by atoms with Crippen molar-refractivity contribution in [1.82, 2.24) is 25.2 Å². The molecule has 0 bridgehead atoms. The van der Waals surface area contributed by atoms with Crippen LogP contribution in [0.5, 0.6) is 0 Å². The Bertz CT molecular complexity index is 1040. The van der Waals surface area contributed by atoms with E-state index in [0.717, 1.165) is 46.7 Å². The molecular weight excluding hydrogens is 388 g/mol. The van der Waals surface area contributed by atoms with E-state index in [1.807, 2.05) is 24.1 Å². The second kappa shape index (κ2) is 8.20. The Kier molecular flexibility index (Phi) is 5.48. The number of aromatic amines is 1. The minimum absolute atomic E-state index is 0.150. The molecule has 4 rings (SSSR count). The highest BCUT2D eigenvalue weighted by Gasteiger charge is 2.25. The number of rotatable bonds is 5. The molecule has 0 saturated carbocycles. The number of pyridine rings is 1. The Labute approximate surface area is 172 Å². The van der Waals surface area contributed by atoms with Gasteiger partial charge in [-0.1, -0.05) is 6.92 Å². The first-order valence-corrected chi connectivity index (χ1v) is 10.6. The maximum Gasteiger partial charge on any atom is 0.262 e. The molecule has 1 aliphatic heterocycles. The SMILES string of the molecule is CCC(=O)N1CCC[C@@H](Nc2c(-c3ncc(C(=O)NC)s3)cnc3[nH]ccc23)C1. The van der Waals surface area contributed by atoms with Gasteiger partial charge in [-0.25, -0.2) is 9.97 Å². The van der Waals surface area contributed by atoms with E-state index in [1.54, 1.807) is 19.4 Å². The van der Waals surface area contributed by atoms with Gasteiger partial charge in [-0.15, -0.1) is 11.3 Å². The van der Waals surface area contributed by atoms with Crippen molar-refractivity contribution in [2.75, 3.05) is 25.5 Å². The molecule has 3 N–H and O–H groups in total. The van der Waals surface area contributed by atoms with Crippen molar-refractivity contribution in [1.29, 1.82) is 0 Å². The number of hydrogen-bond acceptors (Lipinski definition) is 6. The van der Waals surface area contributed by atoms with Gasteiger partial charge in [0, 0.05) is 50.4 Å². The fourth-order valence-electron chi connectivity index (χ4n) is 3.70. The molecule has 1 atom stereocenters. The molecule has 2 amide bonds. The lowest BCUT2D eigenvalue weighted by Crippen LogP contribution is -2.45. The second-order valence-corrected chi connectivity index (χ2v) is 8.10. The third-order valence-electron chi connectivity index (χ3n) is 5.20. The highest BCUT2D eigenvalue weighted by atomic mass is 32.1. The molecule has 0 aromatic carbocycles. The number of hydrogen-bond donors (Lipinski definition) is 3. The first-order valence-electron chi connectivity index (χ1n) is 9.79. The Morgan fingerprint density at radius 3 is 3.00 bits per heavy atom. The molecule has 0 radical (unpaired) electrons. The van der Waals surface area contributed by atoms with E-state index in [0.29, 0.717) is 17.8 Å². The Morgan fingerprint density at radius 2 is 2.21 bits per heavy atom. The number of nitrogens with one attached hydrogen (secondary N) is 3. The molecule has 0 aliphatic carbocycles. The van der Waals surface area contributed by atoms with Crippen LogP contribution in [-0.4, -0.2) is 57.8 Å². The molecule has 4 heterocycles. The van der Waals surface area contributed by atoms with Gasteiger partial charge in [0.25, 0.3) is 5.91 Å². The zero-order chi connectivity index (χ0) is 20.4. The van der Waals surface area contributed by atoms with Crippen LogP contribution in [0, 0.1) is 0 Å². The van der Waals surface area contributed by atoms with E-state index in [9.17, 15) is 9.59 Å². The monoisotopic (exact) mass is 412 g/mol. The maximum atomic E-state index is 12.2. The molecule has 0 unspecified atom stereocenters. The molecule has 29 heavy (non-hydrogen) atoms. The van der Waals surface area contributed by atoms with Crippen molar-refractivity contribution < 1.29 is 9.59 Å². The predicted octanol–water partition coefficient (Wildman–Crippen LogP) is 2.86. The van der Waals surface area contributed by atoms with Crippen molar-refractivity contribution in [3.8, 4) is 10.6 Å². The van der Waals surface area contributed by atoms with Crippen LogP contribution in [0.2, 0.25) is 0 Å². The second-order valence-electron chi connectivity index (χ2n) is 7.07. The van der Waals surface area contributed by atoms with Crippen LogP contribution in [-0.2, 0) is 4.79 Å². The van der Waals surface area contributed by atoms with Crippen LogP contribution in [0.3, 0.4) is 0 Å². The summed E-state index contributed by atoms with van der Waals surface area (Å²) in [6.07, 6.45) is 7.72. The minimum atomic E-state index is -0.153. The van der Waals surface area contributed by atoms with Crippen LogP contribution in [0.4, 0.5) is 5.69 Å². The molecule has 1 aliphatic rings. The summed E-state index contributed by atoms with van der Waals surface area (Å²) in [6, 6.07) is 2.14. The van der Waals surface area contributed by atoms with Crippen molar-refractivity contribution in [2.24, 2.45) is 0 Å². The number of carbonyl (C=O) groups excluding carboxylic acids is 2. The van der Waals surface area contributed by atoms with Gasteiger partial charge in [0.15, 0.2) is 0 Å². The Morgan fingerprint density at radius 1 is 1.34 bits per heavy atom. The van der Waals surface area contributed by atoms with Crippen LogP contribution < -0.4 is 10.6 Å². The molecule has 8 nitrogen and oxygen atoms in total. The van der Waals surface area contributed by atoms with E-state index >= 15 is 0 Å². The quantitative estimate of drug-likeness (QED) is 0.598. The van der Waals surface area contributed by atoms with E-state index in [4.69, 9.17) is 0 Å². The first-order chi connectivity index (χ1) is 14.1. The van der Waals surface area contributed by atoms with Crippen molar-refractivity contribution >= 4 is 39.9 Å². The van der Waals surface area contributed by atoms with Crippen LogP contribution in [0.15, 0.2) is 24.7 Å². The van der Waals surface area contributed by atoms with Crippen molar-refractivity contribution in [2.45, 2.75) is 32.2 Å². The number of nitrogens with zero attached hydrogens (tertiary/aromatic N) is 3. The molecule has 152 valence electrons. The lowest BCUT2D eigenvalue weighted by molar-refractivity contribution is -0.131. The Hall–Kier alpha value is -2.94. The number of likely N-dealkylation sites (tertiary alicyclic amines) is 1. The van der Waals surface area contributed by atoms with Gasteiger partial charge < -0.3 is 20.5 Å². The summed E-state index contributed by atoms with van der Waals surface area (Å²) in [6.45, 7) is 3.40. The summed E-state index contributed by atoms with van der Waals surface area (Å²) in [4.78, 5) is 38.7. The number of amides is 2. The summed E-state index contributed by atoms with van der Waals surface area (Å²) in [5.41, 5.74) is 2.58. The number of thiazole rings is 1. The summed E-state index contributed by atoms with van der Waals surface area (Å²) in [7, 11) is 1.61. The van der Waals surface area contributed by atoms with Gasteiger partial charge in [-0.2, -0.15) is 0 Å². The zero-order valence-electron chi connectivity index (χ0n) is 16.5. The molecule has 1 saturated heterocycles. The average molecular weight is 413 g/mol.